The third kappa shape index (κ3) is 2.44. The van der Waals surface area contributed by atoms with Crippen LogP contribution in [0.4, 0.5) is 10.2 Å². The van der Waals surface area contributed by atoms with Gasteiger partial charge >= 0.3 is 0 Å². The SMILES string of the molecule is CCO[C@H]1C[C@@](O)(CNc2ncccc2F)C1(C)C. The molecule has 0 bridgehead atoms. The van der Waals surface area contributed by atoms with Gasteiger partial charge in [-0.2, -0.15) is 0 Å². The van der Waals surface area contributed by atoms with E-state index in [4.69, 9.17) is 4.74 Å². The lowest BCUT2D eigenvalue weighted by atomic mass is 9.56. The lowest BCUT2D eigenvalue weighted by Gasteiger charge is -2.58. The molecule has 106 valence electrons. The van der Waals surface area contributed by atoms with Gasteiger partial charge in [0.15, 0.2) is 11.6 Å². The van der Waals surface area contributed by atoms with E-state index in [0.29, 0.717) is 13.0 Å². The number of nitrogens with one attached hydrogen (secondary N) is 1. The Morgan fingerprint density at radius 1 is 1.58 bits per heavy atom. The van der Waals surface area contributed by atoms with Crippen molar-refractivity contribution in [3.05, 3.63) is 24.1 Å². The molecule has 2 rings (SSSR count). The van der Waals surface area contributed by atoms with Crippen LogP contribution < -0.4 is 5.32 Å². The van der Waals surface area contributed by atoms with Gasteiger partial charge in [-0.15, -0.1) is 0 Å². The molecule has 1 aromatic heterocycles. The van der Waals surface area contributed by atoms with Crippen LogP contribution in [-0.4, -0.2) is 34.9 Å². The van der Waals surface area contributed by atoms with Crippen molar-refractivity contribution in [3.8, 4) is 0 Å². The van der Waals surface area contributed by atoms with Crippen LogP contribution in [0.25, 0.3) is 0 Å². The van der Waals surface area contributed by atoms with Crippen LogP contribution in [0.15, 0.2) is 18.3 Å². The Labute approximate surface area is 113 Å². The van der Waals surface area contributed by atoms with E-state index in [0.717, 1.165) is 0 Å². The van der Waals surface area contributed by atoms with Crippen LogP contribution in [0.3, 0.4) is 0 Å². The molecule has 5 heteroatoms. The fourth-order valence-electron chi connectivity index (χ4n) is 2.51. The predicted octanol–water partition coefficient (Wildman–Crippen LogP) is 2.20. The molecular formula is C14H21FN2O2. The van der Waals surface area contributed by atoms with Crippen molar-refractivity contribution in [2.75, 3.05) is 18.5 Å². The van der Waals surface area contributed by atoms with Crippen LogP contribution in [0.5, 0.6) is 0 Å². The molecule has 2 N–H and O–H groups in total. The average molecular weight is 268 g/mol. The maximum Gasteiger partial charge on any atom is 0.165 e. The van der Waals surface area contributed by atoms with Gasteiger partial charge in [-0.25, -0.2) is 9.37 Å². The summed E-state index contributed by atoms with van der Waals surface area (Å²) in [5.41, 5.74) is -1.27. The molecule has 0 aliphatic heterocycles. The number of halogens is 1. The number of rotatable bonds is 5. The van der Waals surface area contributed by atoms with Gasteiger partial charge in [0.25, 0.3) is 0 Å². The molecule has 0 saturated heterocycles. The predicted molar refractivity (Wildman–Crippen MR) is 71.4 cm³/mol. The van der Waals surface area contributed by atoms with Crippen LogP contribution in [0, 0.1) is 11.2 Å². The largest absolute Gasteiger partial charge is 0.387 e. The number of nitrogens with zero attached hydrogens (tertiary/aromatic N) is 1. The number of hydrogen-bond donors (Lipinski definition) is 2. The number of anilines is 1. The molecule has 1 aliphatic rings. The summed E-state index contributed by atoms with van der Waals surface area (Å²) in [7, 11) is 0. The van der Waals surface area contributed by atoms with Gasteiger partial charge in [0.1, 0.15) is 0 Å². The van der Waals surface area contributed by atoms with Gasteiger partial charge in [-0.3, -0.25) is 0 Å². The van der Waals surface area contributed by atoms with Crippen LogP contribution in [0.1, 0.15) is 27.2 Å². The lowest BCUT2D eigenvalue weighted by Crippen LogP contribution is -2.67. The summed E-state index contributed by atoms with van der Waals surface area (Å²) in [5.74, 6) is -0.240. The van der Waals surface area contributed by atoms with Crippen molar-refractivity contribution in [1.29, 1.82) is 0 Å². The maximum absolute atomic E-state index is 13.4. The molecule has 0 unspecified atom stereocenters. The van der Waals surface area contributed by atoms with Gasteiger partial charge in [0.05, 0.1) is 11.7 Å². The molecule has 0 aromatic carbocycles. The Morgan fingerprint density at radius 2 is 2.32 bits per heavy atom. The number of aromatic nitrogens is 1. The summed E-state index contributed by atoms with van der Waals surface area (Å²) in [6, 6.07) is 2.88. The molecular weight excluding hydrogens is 247 g/mol. The van der Waals surface area contributed by atoms with Crippen molar-refractivity contribution in [1.82, 2.24) is 4.98 Å². The summed E-state index contributed by atoms with van der Waals surface area (Å²) in [6.07, 6.45) is 2.11. The van der Waals surface area contributed by atoms with Gasteiger partial charge in [-0.05, 0) is 19.1 Å². The second kappa shape index (κ2) is 5.06. The first-order valence-corrected chi connectivity index (χ1v) is 6.59. The van der Waals surface area contributed by atoms with Crippen molar-refractivity contribution in [2.45, 2.75) is 38.9 Å². The number of pyridine rings is 1. The smallest absolute Gasteiger partial charge is 0.165 e. The van der Waals surface area contributed by atoms with Crippen LogP contribution in [0.2, 0.25) is 0 Å². The lowest BCUT2D eigenvalue weighted by molar-refractivity contribution is -0.233. The van der Waals surface area contributed by atoms with Crippen LogP contribution >= 0.6 is 0 Å². The molecule has 1 fully saturated rings. The fraction of sp³-hybridized carbons (Fsp3) is 0.643. The van der Waals surface area contributed by atoms with Gasteiger partial charge in [-0.1, -0.05) is 13.8 Å². The Morgan fingerprint density at radius 3 is 2.89 bits per heavy atom. The van der Waals surface area contributed by atoms with Crippen molar-refractivity contribution >= 4 is 5.82 Å². The van der Waals surface area contributed by atoms with E-state index < -0.39 is 11.4 Å². The van der Waals surface area contributed by atoms with E-state index in [1.165, 1.54) is 18.3 Å². The molecule has 2 atom stereocenters. The zero-order valence-corrected chi connectivity index (χ0v) is 11.6. The fourth-order valence-corrected chi connectivity index (χ4v) is 2.51. The highest BCUT2D eigenvalue weighted by Gasteiger charge is 2.59. The zero-order chi connectivity index (χ0) is 14.1. The average Bonchev–Trinajstić information content (AvgIpc) is 2.37. The summed E-state index contributed by atoms with van der Waals surface area (Å²) in [6.45, 7) is 6.76. The third-order valence-corrected chi connectivity index (χ3v) is 4.20. The summed E-state index contributed by atoms with van der Waals surface area (Å²) >= 11 is 0. The minimum absolute atomic E-state index is 0.0397. The molecule has 1 aliphatic carbocycles. The Bertz CT molecular complexity index is 453. The Balaban J connectivity index is 1.99. The van der Waals surface area contributed by atoms with E-state index >= 15 is 0 Å². The Hall–Kier alpha value is -1.20. The molecule has 4 nitrogen and oxygen atoms in total. The molecule has 1 aromatic rings. The standard InChI is InChI=1S/C14H21FN2O2/c1-4-19-11-8-14(18,13(11,2)3)9-17-12-10(15)6-5-7-16-12/h5-7,11,18H,4,8-9H2,1-3H3,(H,16,17)/t11-,14+/m0/s1. The highest BCUT2D eigenvalue weighted by molar-refractivity contribution is 5.36. The molecule has 0 amide bonds. The first-order valence-electron chi connectivity index (χ1n) is 6.59. The second-order valence-electron chi connectivity index (χ2n) is 5.59. The quantitative estimate of drug-likeness (QED) is 0.859. The number of aliphatic hydroxyl groups is 1. The van der Waals surface area contributed by atoms with Gasteiger partial charge in [0.2, 0.25) is 0 Å². The highest BCUT2D eigenvalue weighted by atomic mass is 19.1. The maximum atomic E-state index is 13.4. The normalized spacial score (nSPS) is 28.8. The number of ether oxygens (including phenoxy) is 1. The summed E-state index contributed by atoms with van der Waals surface area (Å²) < 4.78 is 19.0. The molecule has 0 spiro atoms. The molecule has 1 saturated carbocycles. The zero-order valence-electron chi connectivity index (χ0n) is 11.6. The third-order valence-electron chi connectivity index (χ3n) is 4.20. The van der Waals surface area contributed by atoms with Gasteiger partial charge in [0, 0.05) is 31.2 Å². The van der Waals surface area contributed by atoms with Gasteiger partial charge < -0.3 is 15.2 Å². The van der Waals surface area contributed by atoms with E-state index in [2.05, 4.69) is 10.3 Å². The highest BCUT2D eigenvalue weighted by Crippen LogP contribution is 2.51. The van der Waals surface area contributed by atoms with E-state index in [1.54, 1.807) is 0 Å². The topological polar surface area (TPSA) is 54.4 Å². The van der Waals surface area contributed by atoms with Crippen molar-refractivity contribution < 1.29 is 14.2 Å². The monoisotopic (exact) mass is 268 g/mol. The van der Waals surface area contributed by atoms with Crippen molar-refractivity contribution in [3.63, 3.8) is 0 Å². The minimum Gasteiger partial charge on any atom is -0.387 e. The first-order chi connectivity index (χ1) is 8.90. The second-order valence-corrected chi connectivity index (χ2v) is 5.59. The van der Waals surface area contributed by atoms with Crippen LogP contribution in [-0.2, 0) is 4.74 Å². The first kappa shape index (κ1) is 14.2. The number of hydrogen-bond acceptors (Lipinski definition) is 4. The van der Waals surface area contributed by atoms with E-state index in [1.807, 2.05) is 20.8 Å². The van der Waals surface area contributed by atoms with Crippen molar-refractivity contribution in [2.24, 2.45) is 5.41 Å². The molecule has 19 heavy (non-hydrogen) atoms. The molecule has 0 radical (unpaired) electrons. The van der Waals surface area contributed by atoms with E-state index in [-0.39, 0.29) is 23.9 Å². The summed E-state index contributed by atoms with van der Waals surface area (Å²) in [4.78, 5) is 3.91. The summed E-state index contributed by atoms with van der Waals surface area (Å²) in [5, 5.41) is 13.5. The Kier molecular flexibility index (Phi) is 3.78. The van der Waals surface area contributed by atoms with E-state index in [9.17, 15) is 9.50 Å². The minimum atomic E-state index is -0.906. The molecule has 1 heterocycles.